The van der Waals surface area contributed by atoms with Crippen molar-refractivity contribution in [1.82, 2.24) is 0 Å². The molecule has 0 spiro atoms. The molecule has 0 aliphatic rings. The first-order chi connectivity index (χ1) is 12.3. The number of alkyl halides is 2. The number of carbonyl (C=O) groups is 1. The Hall–Kier alpha value is -2.97. The van der Waals surface area contributed by atoms with E-state index in [0.29, 0.717) is 11.8 Å². The number of methoxy groups -OCH3 is 1. The van der Waals surface area contributed by atoms with Gasteiger partial charge in [-0.05, 0) is 31.2 Å². The molecule has 26 heavy (non-hydrogen) atoms. The minimum atomic E-state index is -3.04. The van der Waals surface area contributed by atoms with Gasteiger partial charge in [0.25, 0.3) is 0 Å². The molecular formula is C17H16F4N2O3. The summed E-state index contributed by atoms with van der Waals surface area (Å²) in [6.45, 7) is -1.56. The lowest BCUT2D eigenvalue weighted by Crippen LogP contribution is -2.32. The number of nitrogens with one attached hydrogen (secondary N) is 2. The molecule has 0 saturated heterocycles. The number of halogens is 4. The molecule has 0 aliphatic carbocycles. The topological polar surface area (TPSA) is 59.6 Å². The van der Waals surface area contributed by atoms with E-state index in [0.717, 1.165) is 12.1 Å². The van der Waals surface area contributed by atoms with E-state index in [-0.39, 0.29) is 17.2 Å². The Balaban J connectivity index is 2.08. The summed E-state index contributed by atoms with van der Waals surface area (Å²) in [7, 11) is 1.30. The predicted molar refractivity (Wildman–Crippen MR) is 87.7 cm³/mol. The molecule has 2 aromatic carbocycles. The molecule has 2 rings (SSSR count). The van der Waals surface area contributed by atoms with Crippen LogP contribution in [0.5, 0.6) is 11.5 Å². The summed E-state index contributed by atoms with van der Waals surface area (Å²) < 4.78 is 60.6. The molecule has 1 atom stereocenters. The van der Waals surface area contributed by atoms with Crippen LogP contribution in [0.15, 0.2) is 36.4 Å². The Morgan fingerprint density at radius 3 is 2.42 bits per heavy atom. The number of hydrogen-bond donors (Lipinski definition) is 2. The minimum Gasteiger partial charge on any atom is -0.493 e. The number of hydrogen-bond acceptors (Lipinski definition) is 4. The largest absolute Gasteiger partial charge is 0.493 e. The number of amides is 1. The quantitative estimate of drug-likeness (QED) is 0.721. The number of ether oxygens (including phenoxy) is 2. The molecule has 0 saturated carbocycles. The first kappa shape index (κ1) is 19.4. The lowest BCUT2D eigenvalue weighted by atomic mass is 10.2. The maximum atomic E-state index is 13.6. The molecule has 0 radical (unpaired) electrons. The highest BCUT2D eigenvalue weighted by molar-refractivity contribution is 5.96. The molecule has 140 valence electrons. The van der Waals surface area contributed by atoms with Crippen LogP contribution in [0.1, 0.15) is 6.92 Å². The molecule has 5 nitrogen and oxygen atoms in total. The maximum absolute atomic E-state index is 13.6. The Bertz CT molecular complexity index is 787. The highest BCUT2D eigenvalue weighted by atomic mass is 19.3. The van der Waals surface area contributed by atoms with Crippen LogP contribution in [0, 0.1) is 11.6 Å². The van der Waals surface area contributed by atoms with Crippen molar-refractivity contribution in [1.29, 1.82) is 0 Å². The predicted octanol–water partition coefficient (Wildman–Crippen LogP) is 4.01. The normalized spacial score (nSPS) is 11.8. The van der Waals surface area contributed by atoms with Gasteiger partial charge in [-0.1, -0.05) is 0 Å². The van der Waals surface area contributed by atoms with Gasteiger partial charge in [0.1, 0.15) is 17.7 Å². The fourth-order valence-electron chi connectivity index (χ4n) is 2.10. The van der Waals surface area contributed by atoms with Crippen molar-refractivity contribution in [2.75, 3.05) is 17.7 Å². The minimum absolute atomic E-state index is 0.0985. The molecule has 2 N–H and O–H groups in total. The average Bonchev–Trinajstić information content (AvgIpc) is 2.57. The molecule has 1 unspecified atom stereocenters. The number of carbonyl (C=O) groups excluding carboxylic acids is 1. The highest BCUT2D eigenvalue weighted by Gasteiger charge is 2.17. The van der Waals surface area contributed by atoms with E-state index in [4.69, 9.17) is 4.74 Å². The van der Waals surface area contributed by atoms with Crippen molar-refractivity contribution in [3.8, 4) is 11.5 Å². The standard InChI is InChI=1S/C17H16F4N2O3/c1-9(16(24)23-13-5-3-10(18)7-12(13)19)22-11-4-6-14(25-2)15(8-11)26-17(20)21/h3-9,17,22H,1-2H3,(H,23,24). The smallest absolute Gasteiger partial charge is 0.387 e. The zero-order valence-electron chi connectivity index (χ0n) is 13.9. The Labute approximate surface area is 146 Å². The van der Waals surface area contributed by atoms with Crippen molar-refractivity contribution in [3.05, 3.63) is 48.0 Å². The third kappa shape index (κ3) is 5.01. The highest BCUT2D eigenvalue weighted by Crippen LogP contribution is 2.31. The van der Waals surface area contributed by atoms with Crippen LogP contribution in [0.3, 0.4) is 0 Å². The first-order valence-electron chi connectivity index (χ1n) is 7.45. The number of rotatable bonds is 7. The molecule has 0 bridgehead atoms. The summed E-state index contributed by atoms with van der Waals surface area (Å²) in [5.74, 6) is -2.40. The molecule has 1 amide bonds. The molecular weight excluding hydrogens is 356 g/mol. The van der Waals surface area contributed by atoms with E-state index in [1.54, 1.807) is 0 Å². The van der Waals surface area contributed by atoms with Gasteiger partial charge < -0.3 is 20.1 Å². The lowest BCUT2D eigenvalue weighted by Gasteiger charge is -2.17. The summed E-state index contributed by atoms with van der Waals surface area (Å²) in [4.78, 5) is 12.1. The molecule has 9 heteroatoms. The Morgan fingerprint density at radius 1 is 1.08 bits per heavy atom. The zero-order valence-corrected chi connectivity index (χ0v) is 13.9. The molecule has 0 heterocycles. The van der Waals surface area contributed by atoms with Gasteiger partial charge in [0.2, 0.25) is 5.91 Å². The van der Waals surface area contributed by atoms with Crippen molar-refractivity contribution < 1.29 is 31.8 Å². The third-order valence-corrected chi connectivity index (χ3v) is 3.35. The van der Waals surface area contributed by atoms with Crippen LogP contribution < -0.4 is 20.1 Å². The second kappa shape index (κ2) is 8.41. The van der Waals surface area contributed by atoms with Crippen LogP contribution in [0.2, 0.25) is 0 Å². The molecule has 0 fully saturated rings. The van der Waals surface area contributed by atoms with Crippen molar-refractivity contribution in [2.24, 2.45) is 0 Å². The van der Waals surface area contributed by atoms with Gasteiger partial charge in [-0.3, -0.25) is 4.79 Å². The van der Waals surface area contributed by atoms with Crippen molar-refractivity contribution in [2.45, 2.75) is 19.6 Å². The number of anilines is 2. The summed E-state index contributed by atoms with van der Waals surface area (Å²) in [5, 5.41) is 5.08. The molecule has 2 aromatic rings. The van der Waals surface area contributed by atoms with Crippen LogP contribution in [-0.4, -0.2) is 25.7 Å². The summed E-state index contributed by atoms with van der Waals surface area (Å²) in [5.41, 5.74) is 0.130. The second-order valence-corrected chi connectivity index (χ2v) is 5.22. The Morgan fingerprint density at radius 2 is 1.81 bits per heavy atom. The average molecular weight is 372 g/mol. The van der Waals surface area contributed by atoms with E-state index in [1.807, 2.05) is 0 Å². The monoisotopic (exact) mass is 372 g/mol. The van der Waals surface area contributed by atoms with Gasteiger partial charge in [-0.25, -0.2) is 8.78 Å². The number of benzene rings is 2. The Kier molecular flexibility index (Phi) is 6.26. The van der Waals surface area contributed by atoms with E-state index in [9.17, 15) is 22.4 Å². The van der Waals surface area contributed by atoms with Gasteiger partial charge in [0, 0.05) is 17.8 Å². The van der Waals surface area contributed by atoms with Gasteiger partial charge in [-0.15, -0.1) is 0 Å². The van der Waals surface area contributed by atoms with Crippen LogP contribution >= 0.6 is 0 Å². The fourth-order valence-corrected chi connectivity index (χ4v) is 2.10. The van der Waals surface area contributed by atoms with Gasteiger partial charge in [0.15, 0.2) is 11.5 Å². The van der Waals surface area contributed by atoms with Gasteiger partial charge in [0.05, 0.1) is 12.8 Å². The van der Waals surface area contributed by atoms with Crippen LogP contribution in [0.25, 0.3) is 0 Å². The SMILES string of the molecule is COc1ccc(NC(C)C(=O)Nc2ccc(F)cc2F)cc1OC(F)F. The third-order valence-electron chi connectivity index (χ3n) is 3.35. The van der Waals surface area contributed by atoms with Crippen LogP contribution in [0.4, 0.5) is 28.9 Å². The van der Waals surface area contributed by atoms with Crippen molar-refractivity contribution in [3.63, 3.8) is 0 Å². The van der Waals surface area contributed by atoms with Gasteiger partial charge >= 0.3 is 6.61 Å². The van der Waals surface area contributed by atoms with E-state index < -0.39 is 30.2 Å². The van der Waals surface area contributed by atoms with Crippen LogP contribution in [-0.2, 0) is 4.79 Å². The van der Waals surface area contributed by atoms with E-state index in [2.05, 4.69) is 15.4 Å². The summed E-state index contributed by atoms with van der Waals surface area (Å²) in [6, 6.07) is 6.03. The molecule has 0 aromatic heterocycles. The van der Waals surface area contributed by atoms with E-state index in [1.165, 1.54) is 32.2 Å². The zero-order chi connectivity index (χ0) is 19.3. The molecule has 0 aliphatic heterocycles. The van der Waals surface area contributed by atoms with Crippen molar-refractivity contribution >= 4 is 17.3 Å². The first-order valence-corrected chi connectivity index (χ1v) is 7.45. The summed E-state index contributed by atoms with van der Waals surface area (Å²) >= 11 is 0. The van der Waals surface area contributed by atoms with Gasteiger partial charge in [-0.2, -0.15) is 8.78 Å². The maximum Gasteiger partial charge on any atom is 0.387 e. The lowest BCUT2D eigenvalue weighted by molar-refractivity contribution is -0.116. The summed E-state index contributed by atoms with van der Waals surface area (Å²) in [6.07, 6.45) is 0. The fraction of sp³-hybridized carbons (Fsp3) is 0.235. The van der Waals surface area contributed by atoms with E-state index >= 15 is 0 Å². The second-order valence-electron chi connectivity index (χ2n) is 5.22.